The molecule has 402 valence electrons. The van der Waals surface area contributed by atoms with Crippen LogP contribution in [0.3, 0.4) is 0 Å². The van der Waals surface area contributed by atoms with Crippen molar-refractivity contribution in [2.24, 2.45) is 0 Å². The van der Waals surface area contributed by atoms with Gasteiger partial charge in [-0.1, -0.05) is 84.4 Å². The van der Waals surface area contributed by atoms with Crippen molar-refractivity contribution >= 4 is 40.3 Å². The maximum absolute atomic E-state index is 15.2. The predicted molar refractivity (Wildman–Crippen MR) is 228 cm³/mol. The van der Waals surface area contributed by atoms with Gasteiger partial charge in [-0.2, -0.15) is 79.0 Å². The number of fused-ring (bicyclic) bond motifs is 3. The van der Waals surface area contributed by atoms with Crippen LogP contribution in [0.1, 0.15) is 12.0 Å². The normalized spacial score (nSPS) is 13.3. The Morgan fingerprint density at radius 1 is 0.527 bits per heavy atom. The van der Waals surface area contributed by atoms with Crippen molar-refractivity contribution in [2.45, 2.75) is 60.3 Å². The van der Waals surface area contributed by atoms with Crippen LogP contribution in [-0.4, -0.2) is 74.2 Å². The fourth-order valence-electron chi connectivity index (χ4n) is 7.05. The number of hydrogen-bond donors (Lipinski definition) is 2. The molecule has 0 amide bonds. The first-order valence-corrected chi connectivity index (χ1v) is 21.8. The van der Waals surface area contributed by atoms with Gasteiger partial charge in [0.1, 0.15) is 6.16 Å². The Morgan fingerprint density at radius 2 is 0.919 bits per heavy atom. The third-order valence-electron chi connectivity index (χ3n) is 10.9. The Balaban J connectivity index is 0.000000275. The van der Waals surface area contributed by atoms with Gasteiger partial charge in [0.2, 0.25) is 5.60 Å². The van der Waals surface area contributed by atoms with Gasteiger partial charge in [0.15, 0.2) is 0 Å². The van der Waals surface area contributed by atoms with E-state index < -0.39 is 103 Å². The summed E-state index contributed by atoms with van der Waals surface area (Å²) in [7, 11) is -2.51. The van der Waals surface area contributed by atoms with Crippen LogP contribution in [0.2, 0.25) is 0 Å². The molecule has 0 fully saturated rings. The number of alkyl halides is 19. The molecule has 0 saturated heterocycles. The van der Waals surface area contributed by atoms with Crippen molar-refractivity contribution in [1.82, 2.24) is 9.55 Å². The molecular weight excluding hydrogens is 1250 g/mol. The van der Waals surface area contributed by atoms with E-state index in [2.05, 4.69) is 11.9 Å². The summed E-state index contributed by atoms with van der Waals surface area (Å²) in [6.07, 6.45) is -38.5. The van der Waals surface area contributed by atoms with Gasteiger partial charge in [0.25, 0.3) is 5.60 Å². The molecule has 0 aliphatic heterocycles. The summed E-state index contributed by atoms with van der Waals surface area (Å²) in [5.74, 6) is -4.80. The van der Waals surface area contributed by atoms with Crippen LogP contribution in [0, 0.1) is 24.6 Å². The molecule has 7 rings (SSSR count). The minimum atomic E-state index is -6.70. The number of benzene rings is 5. The fraction of sp³-hybridized carbons (Fsp3) is 0.234. The van der Waals surface area contributed by atoms with Gasteiger partial charge < -0.3 is 26.7 Å². The molecule has 2 aromatic heterocycles. The van der Waals surface area contributed by atoms with E-state index in [0.717, 1.165) is 17.0 Å². The molecule has 7 aromatic rings. The molecule has 0 atom stereocenters. The quantitative estimate of drug-likeness (QED) is 0.0906. The van der Waals surface area contributed by atoms with E-state index in [-0.39, 0.29) is 26.2 Å². The van der Waals surface area contributed by atoms with Gasteiger partial charge in [0, 0.05) is 34.3 Å². The zero-order chi connectivity index (χ0) is 55.0. The van der Waals surface area contributed by atoms with E-state index in [1.54, 1.807) is 65.2 Å². The summed E-state index contributed by atoms with van der Waals surface area (Å²) in [6.45, 7) is 2.40. The number of aliphatic hydroxyl groups is 2. The summed E-state index contributed by atoms with van der Waals surface area (Å²) in [6, 6.07) is 34.4. The first-order chi connectivity index (χ1) is 33.5. The molecule has 0 bridgehead atoms. The van der Waals surface area contributed by atoms with E-state index in [9.17, 15) is 92.9 Å². The van der Waals surface area contributed by atoms with Crippen molar-refractivity contribution in [3.05, 3.63) is 164 Å². The van der Waals surface area contributed by atoms with Gasteiger partial charge in [0.05, 0.1) is 29.6 Å². The Bertz CT molecular complexity index is 2850. The van der Waals surface area contributed by atoms with E-state index in [0.29, 0.717) is 27.3 Å². The first kappa shape index (κ1) is 61.1. The van der Waals surface area contributed by atoms with Crippen molar-refractivity contribution < 1.29 is 123 Å². The Labute approximate surface area is 418 Å². The maximum atomic E-state index is 15.2. The predicted octanol–water partition coefficient (Wildman–Crippen LogP) is 13.7. The molecule has 27 heteroatoms. The molecule has 0 saturated carbocycles. The summed E-state index contributed by atoms with van der Waals surface area (Å²) < 4.78 is 273. The van der Waals surface area contributed by atoms with Crippen molar-refractivity contribution in [3.8, 4) is 16.9 Å². The zero-order valence-corrected chi connectivity index (χ0v) is 39.9. The molecule has 4 nitrogen and oxygen atoms in total. The van der Waals surface area contributed by atoms with Crippen LogP contribution in [0.4, 0.5) is 92.2 Å². The van der Waals surface area contributed by atoms with Crippen LogP contribution < -0.4 is 10.6 Å². The second-order valence-electron chi connectivity index (χ2n) is 15.5. The third kappa shape index (κ3) is 11.8. The average molecular weight is 1280 g/mol. The molecule has 0 spiro atoms. The second kappa shape index (κ2) is 22.0. The van der Waals surface area contributed by atoms with Gasteiger partial charge >= 0.3 is 62.8 Å². The van der Waals surface area contributed by atoms with Crippen LogP contribution in [-0.2, 0) is 25.8 Å². The molecule has 0 unspecified atom stereocenters. The number of pyridine rings is 1. The molecule has 5 aromatic carbocycles. The SMILES string of the molecule is Fc1c[c-]c(-c2cc(-n3c4ccccc4c4ccccc43)ccn2)c(F)c1C(F)(C(F)(F)F)C(F)(F)F.OC(C[PH+](c1ccccc1)c1ccccc1)(C(F)(F)F)C(F)(F)F.[CH2-]CC(O)(C(F)(F)F)C(F)(F)F.[IrH+2]. The average Bonchev–Trinajstić information content (AvgIpc) is 3.63. The Morgan fingerprint density at radius 3 is 1.28 bits per heavy atom. The summed E-state index contributed by atoms with van der Waals surface area (Å²) >= 11 is 0. The van der Waals surface area contributed by atoms with E-state index >= 15 is 4.39 Å². The molecule has 1 radical (unpaired) electrons. The molecule has 0 aliphatic rings. The third-order valence-corrected chi connectivity index (χ3v) is 13.8. The van der Waals surface area contributed by atoms with Gasteiger partial charge in [-0.05, 0) is 53.7 Å². The fourth-order valence-corrected chi connectivity index (χ4v) is 9.90. The molecule has 2 heterocycles. The van der Waals surface area contributed by atoms with Crippen molar-refractivity contribution in [3.63, 3.8) is 0 Å². The number of halogens is 21. The van der Waals surface area contributed by atoms with Crippen molar-refractivity contribution in [1.29, 1.82) is 0 Å². The van der Waals surface area contributed by atoms with Crippen LogP contribution in [0.25, 0.3) is 38.8 Å². The van der Waals surface area contributed by atoms with Gasteiger partial charge in [-0.3, -0.25) is 8.78 Å². The second-order valence-corrected chi connectivity index (χ2v) is 17.9. The zero-order valence-electron chi connectivity index (χ0n) is 36.4. The van der Waals surface area contributed by atoms with E-state index in [1.165, 1.54) is 36.4 Å². The topological polar surface area (TPSA) is 58.3 Å². The minimum absolute atomic E-state index is 0. The number of rotatable bonds is 8. The molecule has 2 N–H and O–H groups in total. The first-order valence-electron chi connectivity index (χ1n) is 20.1. The Hall–Kier alpha value is -5.42. The van der Waals surface area contributed by atoms with E-state index in [1.807, 2.05) is 30.3 Å². The van der Waals surface area contributed by atoms with Crippen LogP contribution in [0.15, 0.2) is 134 Å². The van der Waals surface area contributed by atoms with Crippen LogP contribution in [0.5, 0.6) is 0 Å². The molecule has 74 heavy (non-hydrogen) atoms. The standard InChI is InChI=1S/C26H12F9N2.C16H13F6OP.C5H5F6O.Ir.H/c27-18-10-9-17(23(28)22(18)24(29,25(30,31)32)26(33,34)35)19-13-14(11-12-36-19)37-20-7-3-1-5-15(20)16-6-2-4-8-21(16)37;17-15(18,19)14(23,16(20,21)22)11-24(12-7-3-1-4-8-12)13-9-5-2-6-10-13;1-2-3(12,4(6,7)8)5(9,10)11;;/h1-8,10-13H;1-10,23H,11H2;12H,1-2H2;;/q-1;;-1;+2;/p+1. The van der Waals surface area contributed by atoms with E-state index in [4.69, 9.17) is 5.11 Å². The summed E-state index contributed by atoms with van der Waals surface area (Å²) in [4.78, 5) is 3.83. The molecule has 0 aliphatic carbocycles. The van der Waals surface area contributed by atoms with Crippen LogP contribution >= 0.6 is 7.92 Å². The van der Waals surface area contributed by atoms with Gasteiger partial charge in [-0.25, -0.2) is 4.39 Å². The summed E-state index contributed by atoms with van der Waals surface area (Å²) in [5, 5.41) is 20.1. The Kier molecular flexibility index (Phi) is 18.2. The number of para-hydroxylation sites is 2. The number of hydrogen-bond acceptors (Lipinski definition) is 3. The monoisotopic (exact) mass is 1280 g/mol. The van der Waals surface area contributed by atoms with Crippen molar-refractivity contribution in [2.75, 3.05) is 6.16 Å². The van der Waals surface area contributed by atoms with Gasteiger partial charge in [-0.15, -0.1) is 18.6 Å². The molecular formula is C47H32F21IrN2O2P+. The number of nitrogens with zero attached hydrogens (tertiary/aromatic N) is 2. The summed E-state index contributed by atoms with van der Waals surface area (Å²) in [5.41, 5.74) is -18.4. The number of aromatic nitrogens is 2.